The van der Waals surface area contributed by atoms with Crippen molar-refractivity contribution in [3.8, 4) is 0 Å². The molecule has 2 aromatic rings. The van der Waals surface area contributed by atoms with Crippen molar-refractivity contribution < 1.29 is 9.53 Å². The molecule has 1 amide bonds. The summed E-state index contributed by atoms with van der Waals surface area (Å²) in [6, 6.07) is 1.87. The van der Waals surface area contributed by atoms with Gasteiger partial charge in [-0.05, 0) is 13.1 Å². The van der Waals surface area contributed by atoms with Crippen LogP contribution in [0.25, 0.3) is 0 Å². The Kier molecular flexibility index (Phi) is 4.73. The molecule has 3 rings (SSSR count). The smallest absolute Gasteiger partial charge is 0.241 e. The summed E-state index contributed by atoms with van der Waals surface area (Å²) in [4.78, 5) is 18.5. The highest BCUT2D eigenvalue weighted by molar-refractivity contribution is 5.75. The molecule has 8 nitrogen and oxygen atoms in total. The number of nitrogens with one attached hydrogen (secondary N) is 1. The number of morpholine rings is 1. The molecule has 0 unspecified atom stereocenters. The van der Waals surface area contributed by atoms with E-state index in [0.29, 0.717) is 13.2 Å². The van der Waals surface area contributed by atoms with E-state index in [-0.39, 0.29) is 24.6 Å². The van der Waals surface area contributed by atoms with E-state index in [0.717, 1.165) is 12.2 Å². The molecule has 2 aromatic heterocycles. The lowest BCUT2D eigenvalue weighted by Crippen LogP contribution is -2.49. The second-order valence-corrected chi connectivity index (χ2v) is 5.77. The number of hydrogen-bond donors (Lipinski definition) is 1. The highest BCUT2D eigenvalue weighted by Crippen LogP contribution is 2.27. The molecule has 0 radical (unpaired) electrons. The van der Waals surface area contributed by atoms with Gasteiger partial charge in [0.1, 0.15) is 6.54 Å². The van der Waals surface area contributed by atoms with Gasteiger partial charge in [-0.25, -0.2) is 4.98 Å². The van der Waals surface area contributed by atoms with Gasteiger partial charge in [0.05, 0.1) is 30.8 Å². The Balaban J connectivity index is 1.62. The van der Waals surface area contributed by atoms with E-state index >= 15 is 0 Å². The fourth-order valence-electron chi connectivity index (χ4n) is 2.91. The SMILES string of the molecule is CN1CCO[C@@H](CNC(=O)Cn2cccn2)[C@@H]1c1cncn1C. The molecule has 1 fully saturated rings. The summed E-state index contributed by atoms with van der Waals surface area (Å²) in [5, 5.41) is 6.98. The number of rotatable bonds is 5. The summed E-state index contributed by atoms with van der Waals surface area (Å²) in [7, 11) is 4.04. The molecule has 1 aliphatic heterocycles. The number of hydrogen-bond acceptors (Lipinski definition) is 5. The first-order chi connectivity index (χ1) is 11.1. The van der Waals surface area contributed by atoms with Crippen LogP contribution in [0, 0.1) is 0 Å². The average molecular weight is 318 g/mol. The molecule has 3 heterocycles. The van der Waals surface area contributed by atoms with E-state index in [1.165, 1.54) is 0 Å². The van der Waals surface area contributed by atoms with Crippen LogP contribution in [0.4, 0.5) is 0 Å². The monoisotopic (exact) mass is 318 g/mol. The van der Waals surface area contributed by atoms with Crippen molar-refractivity contribution >= 4 is 5.91 Å². The molecular formula is C15H22N6O2. The van der Waals surface area contributed by atoms with Crippen molar-refractivity contribution in [2.75, 3.05) is 26.7 Å². The lowest BCUT2D eigenvalue weighted by molar-refractivity contribution is -0.124. The van der Waals surface area contributed by atoms with E-state index in [2.05, 4.69) is 27.3 Å². The van der Waals surface area contributed by atoms with Crippen LogP contribution in [0.15, 0.2) is 31.0 Å². The first kappa shape index (κ1) is 15.7. The van der Waals surface area contributed by atoms with Crippen molar-refractivity contribution in [3.63, 3.8) is 0 Å². The minimum Gasteiger partial charge on any atom is -0.373 e. The van der Waals surface area contributed by atoms with Crippen molar-refractivity contribution in [2.24, 2.45) is 7.05 Å². The zero-order valence-electron chi connectivity index (χ0n) is 13.4. The maximum Gasteiger partial charge on any atom is 0.241 e. The van der Waals surface area contributed by atoms with E-state index in [1.54, 1.807) is 29.5 Å². The molecule has 0 aromatic carbocycles. The molecule has 1 saturated heterocycles. The Bertz CT molecular complexity index is 638. The molecule has 0 aliphatic carbocycles. The average Bonchev–Trinajstić information content (AvgIpc) is 3.17. The topological polar surface area (TPSA) is 77.2 Å². The van der Waals surface area contributed by atoms with Crippen LogP contribution in [-0.2, 0) is 23.1 Å². The Labute approximate surface area is 135 Å². The second-order valence-electron chi connectivity index (χ2n) is 5.77. The predicted octanol–water partition coefficient (Wildman–Crippen LogP) is -0.195. The van der Waals surface area contributed by atoms with Gasteiger partial charge in [0.25, 0.3) is 0 Å². The van der Waals surface area contributed by atoms with Crippen LogP contribution < -0.4 is 5.32 Å². The number of carbonyl (C=O) groups is 1. The van der Waals surface area contributed by atoms with Gasteiger partial charge in [-0.15, -0.1) is 0 Å². The van der Waals surface area contributed by atoms with Gasteiger partial charge in [0.2, 0.25) is 5.91 Å². The van der Waals surface area contributed by atoms with Crippen LogP contribution in [0.1, 0.15) is 11.7 Å². The number of aromatic nitrogens is 4. The van der Waals surface area contributed by atoms with Crippen molar-refractivity contribution in [3.05, 3.63) is 36.7 Å². The number of likely N-dealkylation sites (N-methyl/N-ethyl adjacent to an activating group) is 1. The molecule has 0 bridgehead atoms. The summed E-state index contributed by atoms with van der Waals surface area (Å²) in [6.45, 7) is 2.18. The van der Waals surface area contributed by atoms with E-state index < -0.39 is 0 Å². The molecule has 0 spiro atoms. The maximum absolute atomic E-state index is 12.0. The van der Waals surface area contributed by atoms with Crippen molar-refractivity contribution in [1.29, 1.82) is 0 Å². The van der Waals surface area contributed by atoms with Gasteiger partial charge in [-0.1, -0.05) is 0 Å². The number of carbonyl (C=O) groups excluding carboxylic acids is 1. The highest BCUT2D eigenvalue weighted by atomic mass is 16.5. The fourth-order valence-corrected chi connectivity index (χ4v) is 2.91. The van der Waals surface area contributed by atoms with Crippen LogP contribution >= 0.6 is 0 Å². The van der Waals surface area contributed by atoms with Crippen LogP contribution in [-0.4, -0.2) is 63.0 Å². The molecule has 1 N–H and O–H groups in total. The summed E-state index contributed by atoms with van der Waals surface area (Å²) < 4.78 is 9.50. The molecule has 0 saturated carbocycles. The fraction of sp³-hybridized carbons (Fsp3) is 0.533. The Morgan fingerprint density at radius 3 is 3.04 bits per heavy atom. The number of amides is 1. The maximum atomic E-state index is 12.0. The van der Waals surface area contributed by atoms with Gasteiger partial charge < -0.3 is 14.6 Å². The highest BCUT2D eigenvalue weighted by Gasteiger charge is 2.33. The van der Waals surface area contributed by atoms with Gasteiger partial charge in [-0.2, -0.15) is 5.10 Å². The molecule has 2 atom stereocenters. The van der Waals surface area contributed by atoms with E-state index in [1.807, 2.05) is 17.8 Å². The quantitative estimate of drug-likeness (QED) is 0.826. The lowest BCUT2D eigenvalue weighted by atomic mass is 10.0. The van der Waals surface area contributed by atoms with Gasteiger partial charge in [0.15, 0.2) is 0 Å². The minimum atomic E-state index is -0.106. The summed E-state index contributed by atoms with van der Waals surface area (Å²) in [6.07, 6.45) is 6.96. The van der Waals surface area contributed by atoms with E-state index in [9.17, 15) is 4.79 Å². The second kappa shape index (κ2) is 6.93. The van der Waals surface area contributed by atoms with Crippen LogP contribution in [0.2, 0.25) is 0 Å². The summed E-state index contributed by atoms with van der Waals surface area (Å²) in [5.74, 6) is -0.0747. The number of imidazole rings is 1. The van der Waals surface area contributed by atoms with Gasteiger partial charge in [0, 0.05) is 38.7 Å². The lowest BCUT2D eigenvalue weighted by Gasteiger charge is -2.39. The van der Waals surface area contributed by atoms with Crippen molar-refractivity contribution in [2.45, 2.75) is 18.7 Å². The molecular weight excluding hydrogens is 296 g/mol. The summed E-state index contributed by atoms with van der Waals surface area (Å²) >= 11 is 0. The number of nitrogens with zero attached hydrogens (tertiary/aromatic N) is 5. The first-order valence-electron chi connectivity index (χ1n) is 7.67. The number of ether oxygens (including phenoxy) is 1. The zero-order chi connectivity index (χ0) is 16.2. The molecule has 1 aliphatic rings. The molecule has 124 valence electrons. The zero-order valence-corrected chi connectivity index (χ0v) is 13.4. The van der Waals surface area contributed by atoms with E-state index in [4.69, 9.17) is 4.74 Å². The third kappa shape index (κ3) is 3.59. The number of aryl methyl sites for hydroxylation is 1. The standard InChI is InChI=1S/C15H22N6O2/c1-19-6-7-23-13(15(19)12-8-16-11-20(12)2)9-17-14(22)10-21-5-3-4-18-21/h3-5,8,11,13,15H,6-7,9-10H2,1-2H3,(H,17,22)/t13-,15-/m0/s1. The predicted molar refractivity (Wildman–Crippen MR) is 83.6 cm³/mol. The molecule has 23 heavy (non-hydrogen) atoms. The normalized spacial score (nSPS) is 22.2. The Hall–Kier alpha value is -2.19. The van der Waals surface area contributed by atoms with Crippen molar-refractivity contribution in [1.82, 2.24) is 29.5 Å². The Morgan fingerprint density at radius 1 is 1.48 bits per heavy atom. The van der Waals surface area contributed by atoms with Crippen LogP contribution in [0.5, 0.6) is 0 Å². The summed E-state index contributed by atoms with van der Waals surface area (Å²) in [5.41, 5.74) is 1.08. The Morgan fingerprint density at radius 2 is 2.35 bits per heavy atom. The van der Waals surface area contributed by atoms with Gasteiger partial charge >= 0.3 is 0 Å². The molecule has 8 heteroatoms. The largest absolute Gasteiger partial charge is 0.373 e. The first-order valence-corrected chi connectivity index (χ1v) is 7.67. The van der Waals surface area contributed by atoms with Crippen LogP contribution in [0.3, 0.4) is 0 Å². The third-order valence-electron chi connectivity index (χ3n) is 4.13. The minimum absolute atomic E-state index is 0.0706. The van der Waals surface area contributed by atoms with Gasteiger partial charge in [-0.3, -0.25) is 14.4 Å². The third-order valence-corrected chi connectivity index (χ3v) is 4.13.